The third-order valence-corrected chi connectivity index (χ3v) is 9.18. The molecule has 1 aliphatic rings. The van der Waals surface area contributed by atoms with Crippen LogP contribution in [0.15, 0.2) is 77.7 Å². The van der Waals surface area contributed by atoms with Crippen LogP contribution in [0.25, 0.3) is 0 Å². The first-order valence-electron chi connectivity index (χ1n) is 12.5. The zero-order valence-corrected chi connectivity index (χ0v) is 22.9. The van der Waals surface area contributed by atoms with E-state index in [1.807, 2.05) is 41.3 Å². The van der Waals surface area contributed by atoms with Crippen LogP contribution in [-0.4, -0.2) is 53.4 Å². The molecule has 0 spiro atoms. The molecule has 5 rings (SSSR count). The van der Waals surface area contributed by atoms with E-state index in [1.54, 1.807) is 49.4 Å². The molecule has 0 bridgehead atoms. The second-order valence-electron chi connectivity index (χ2n) is 9.18. The van der Waals surface area contributed by atoms with Crippen molar-refractivity contribution in [3.63, 3.8) is 0 Å². The molecule has 0 saturated carbocycles. The molecule has 0 radical (unpaired) electrons. The molecule has 0 amide bonds. The number of aliphatic hydroxyl groups excluding tert-OH is 1. The molecule has 1 N–H and O–H groups in total. The minimum Gasteiger partial charge on any atom is -0.457 e. The standard InChI is InChI=1S/C28H27N5O4S2/c1-20-8-9-22(19-29)25(18-20)39(35,36)33-15-5-14-32(16-17-33)28-30-27(31-38-28)26(34)21-10-12-24(13-11-21)37-23-6-3-2-4-7-23/h2-4,6-13,18,26,34H,5,14-17H2,1H3. The second kappa shape index (κ2) is 11.5. The Kier molecular flexibility index (Phi) is 7.90. The summed E-state index contributed by atoms with van der Waals surface area (Å²) in [6.07, 6.45) is -0.414. The highest BCUT2D eigenvalue weighted by Gasteiger charge is 2.30. The Morgan fingerprint density at radius 3 is 2.49 bits per heavy atom. The summed E-state index contributed by atoms with van der Waals surface area (Å²) in [5, 5.41) is 21.0. The van der Waals surface area contributed by atoms with Gasteiger partial charge in [-0.2, -0.15) is 13.9 Å². The first-order valence-corrected chi connectivity index (χ1v) is 14.7. The number of ether oxygens (including phenoxy) is 1. The van der Waals surface area contributed by atoms with Gasteiger partial charge in [-0.15, -0.1) is 0 Å². The quantitative estimate of drug-likeness (QED) is 0.350. The molecule has 1 aliphatic heterocycles. The molecule has 1 aromatic heterocycles. The predicted molar refractivity (Wildman–Crippen MR) is 148 cm³/mol. The summed E-state index contributed by atoms with van der Waals surface area (Å²) in [6, 6.07) is 23.4. The first-order chi connectivity index (χ1) is 18.8. The normalized spacial score (nSPS) is 15.4. The molecule has 1 atom stereocenters. The summed E-state index contributed by atoms with van der Waals surface area (Å²) in [7, 11) is -3.82. The lowest BCUT2D eigenvalue weighted by Gasteiger charge is -2.22. The monoisotopic (exact) mass is 561 g/mol. The van der Waals surface area contributed by atoms with Gasteiger partial charge in [0.2, 0.25) is 15.2 Å². The summed E-state index contributed by atoms with van der Waals surface area (Å²) in [4.78, 5) is 6.60. The SMILES string of the molecule is Cc1ccc(C#N)c(S(=O)(=O)N2CCCN(c3nc(C(O)c4ccc(Oc5ccccc5)cc4)ns3)CC2)c1. The van der Waals surface area contributed by atoms with E-state index in [1.165, 1.54) is 15.8 Å². The van der Waals surface area contributed by atoms with Crippen molar-refractivity contribution in [3.8, 4) is 17.6 Å². The fourth-order valence-corrected chi connectivity index (χ4v) is 6.80. The number of nitriles is 1. The number of aryl methyl sites for hydroxylation is 1. The summed E-state index contributed by atoms with van der Waals surface area (Å²) in [5.74, 6) is 1.67. The molecular formula is C28H27N5O4S2. The molecule has 39 heavy (non-hydrogen) atoms. The van der Waals surface area contributed by atoms with Crippen molar-refractivity contribution in [2.24, 2.45) is 0 Å². The number of para-hydroxylation sites is 1. The predicted octanol–water partition coefficient (Wildman–Crippen LogP) is 4.49. The van der Waals surface area contributed by atoms with E-state index in [0.717, 1.165) is 11.3 Å². The van der Waals surface area contributed by atoms with E-state index < -0.39 is 16.1 Å². The number of aliphatic hydroxyl groups is 1. The van der Waals surface area contributed by atoms with Crippen LogP contribution < -0.4 is 9.64 Å². The second-order valence-corrected chi connectivity index (χ2v) is 11.8. The van der Waals surface area contributed by atoms with E-state index in [0.29, 0.717) is 48.3 Å². The van der Waals surface area contributed by atoms with Crippen LogP contribution in [0, 0.1) is 18.3 Å². The van der Waals surface area contributed by atoms with Crippen LogP contribution >= 0.6 is 11.5 Å². The Morgan fingerprint density at radius 1 is 1.00 bits per heavy atom. The van der Waals surface area contributed by atoms with Gasteiger partial charge in [0.1, 0.15) is 28.6 Å². The number of rotatable bonds is 7. The number of hydrogen-bond donors (Lipinski definition) is 1. The van der Waals surface area contributed by atoms with Crippen LogP contribution in [0.5, 0.6) is 11.5 Å². The van der Waals surface area contributed by atoms with E-state index in [9.17, 15) is 18.8 Å². The maximum Gasteiger partial charge on any atom is 0.244 e. The highest BCUT2D eigenvalue weighted by Crippen LogP contribution is 2.29. The van der Waals surface area contributed by atoms with Crippen molar-refractivity contribution in [2.75, 3.05) is 31.1 Å². The van der Waals surface area contributed by atoms with E-state index in [2.05, 4.69) is 9.36 Å². The molecule has 1 unspecified atom stereocenters. The molecule has 200 valence electrons. The Labute approximate surface area is 231 Å². The van der Waals surface area contributed by atoms with Gasteiger partial charge in [0.25, 0.3) is 0 Å². The van der Waals surface area contributed by atoms with Gasteiger partial charge in [0.15, 0.2) is 5.82 Å². The van der Waals surface area contributed by atoms with Crippen LogP contribution in [0.2, 0.25) is 0 Å². The fraction of sp³-hybridized carbons (Fsp3) is 0.250. The molecule has 0 aliphatic carbocycles. The maximum absolute atomic E-state index is 13.4. The molecule has 1 saturated heterocycles. The van der Waals surface area contributed by atoms with Gasteiger partial charge in [-0.3, -0.25) is 0 Å². The summed E-state index contributed by atoms with van der Waals surface area (Å²) in [6.45, 7) is 3.41. The first kappa shape index (κ1) is 26.8. The fourth-order valence-electron chi connectivity index (χ4n) is 4.36. The van der Waals surface area contributed by atoms with Crippen molar-refractivity contribution in [3.05, 3.63) is 95.3 Å². The minimum absolute atomic E-state index is 0.0416. The van der Waals surface area contributed by atoms with E-state index in [-0.39, 0.29) is 17.0 Å². The smallest absolute Gasteiger partial charge is 0.244 e. The van der Waals surface area contributed by atoms with Crippen LogP contribution in [0.4, 0.5) is 5.13 Å². The Morgan fingerprint density at radius 2 is 1.74 bits per heavy atom. The Balaban J connectivity index is 1.25. The molecule has 11 heteroatoms. The number of sulfonamides is 1. The number of benzene rings is 3. The van der Waals surface area contributed by atoms with E-state index in [4.69, 9.17) is 4.74 Å². The molecular weight excluding hydrogens is 534 g/mol. The van der Waals surface area contributed by atoms with Gasteiger partial charge in [0.05, 0.1) is 5.56 Å². The third kappa shape index (κ3) is 5.94. The van der Waals surface area contributed by atoms with Gasteiger partial charge in [-0.25, -0.2) is 13.4 Å². The lowest BCUT2D eigenvalue weighted by Crippen LogP contribution is -2.35. The van der Waals surface area contributed by atoms with E-state index >= 15 is 0 Å². The summed E-state index contributed by atoms with van der Waals surface area (Å²) in [5.41, 5.74) is 1.56. The van der Waals surface area contributed by atoms with Crippen molar-refractivity contribution >= 4 is 26.7 Å². The zero-order chi connectivity index (χ0) is 27.4. The van der Waals surface area contributed by atoms with Crippen LogP contribution in [0.3, 0.4) is 0 Å². The highest BCUT2D eigenvalue weighted by atomic mass is 32.2. The molecule has 4 aromatic rings. The van der Waals surface area contributed by atoms with Gasteiger partial charge in [-0.1, -0.05) is 36.4 Å². The highest BCUT2D eigenvalue weighted by molar-refractivity contribution is 7.89. The zero-order valence-electron chi connectivity index (χ0n) is 21.3. The van der Waals surface area contributed by atoms with Gasteiger partial charge < -0.3 is 14.7 Å². The van der Waals surface area contributed by atoms with Crippen molar-refractivity contribution in [1.29, 1.82) is 5.26 Å². The van der Waals surface area contributed by atoms with Gasteiger partial charge in [-0.05, 0) is 60.9 Å². The van der Waals surface area contributed by atoms with Gasteiger partial charge in [0, 0.05) is 37.7 Å². The van der Waals surface area contributed by atoms with Gasteiger partial charge >= 0.3 is 0 Å². The summed E-state index contributed by atoms with van der Waals surface area (Å²) < 4.78 is 38.4. The summed E-state index contributed by atoms with van der Waals surface area (Å²) >= 11 is 1.18. The number of hydrogen-bond acceptors (Lipinski definition) is 9. The molecule has 1 fully saturated rings. The average Bonchev–Trinajstić information content (AvgIpc) is 3.31. The Hall–Kier alpha value is -3.82. The van der Waals surface area contributed by atoms with Crippen molar-refractivity contribution in [2.45, 2.75) is 24.3 Å². The lowest BCUT2D eigenvalue weighted by molar-refractivity contribution is 0.211. The number of anilines is 1. The molecule has 3 aromatic carbocycles. The lowest BCUT2D eigenvalue weighted by atomic mass is 10.1. The number of aromatic nitrogens is 2. The minimum atomic E-state index is -3.82. The third-order valence-electron chi connectivity index (χ3n) is 6.45. The average molecular weight is 562 g/mol. The molecule has 2 heterocycles. The van der Waals surface area contributed by atoms with Crippen molar-refractivity contribution < 1.29 is 18.3 Å². The Bertz CT molecular complexity index is 1580. The molecule has 9 nitrogen and oxygen atoms in total. The maximum atomic E-state index is 13.4. The number of nitrogens with zero attached hydrogens (tertiary/aromatic N) is 5. The largest absolute Gasteiger partial charge is 0.457 e. The topological polar surface area (TPSA) is 120 Å². The van der Waals surface area contributed by atoms with Crippen LogP contribution in [0.1, 0.15) is 35.0 Å². The van der Waals surface area contributed by atoms with Crippen LogP contribution in [-0.2, 0) is 10.0 Å². The van der Waals surface area contributed by atoms with Crippen molar-refractivity contribution in [1.82, 2.24) is 13.7 Å².